The summed E-state index contributed by atoms with van der Waals surface area (Å²) < 4.78 is 9.98. The third-order valence-electron chi connectivity index (χ3n) is 2.54. The van der Waals surface area contributed by atoms with Crippen LogP contribution in [0.4, 0.5) is 4.79 Å². The van der Waals surface area contributed by atoms with E-state index >= 15 is 0 Å². The van der Waals surface area contributed by atoms with Gasteiger partial charge in [-0.2, -0.15) is 0 Å². The number of esters is 1. The average molecular weight is 259 g/mol. The first-order chi connectivity index (χ1) is 8.24. The van der Waals surface area contributed by atoms with E-state index < -0.39 is 29.8 Å². The summed E-state index contributed by atoms with van der Waals surface area (Å²) in [5.41, 5.74) is -0.591. The van der Waals surface area contributed by atoms with E-state index in [4.69, 9.17) is 9.47 Å². The molecular formula is C12H21NO5. The molecule has 2 unspecified atom stereocenters. The van der Waals surface area contributed by atoms with Gasteiger partial charge in [-0.3, -0.25) is 9.69 Å². The standard InChI is InChI=1S/C12H21NO5/c1-5-17-10(15)6-8-9(14)7-13(8)11(16)18-12(2,3)4/h8-9,14H,5-7H2,1-4H3. The molecule has 0 aromatic carbocycles. The third kappa shape index (κ3) is 3.87. The topological polar surface area (TPSA) is 76.1 Å². The molecule has 1 N–H and O–H groups in total. The molecule has 1 rings (SSSR count). The number of rotatable bonds is 3. The fourth-order valence-corrected chi connectivity index (χ4v) is 1.70. The molecule has 1 amide bonds. The fraction of sp³-hybridized carbons (Fsp3) is 0.833. The second-order valence-corrected chi connectivity index (χ2v) is 5.28. The molecule has 0 bridgehead atoms. The lowest BCUT2D eigenvalue weighted by Gasteiger charge is -2.44. The average Bonchev–Trinajstić information content (AvgIpc) is 2.20. The van der Waals surface area contributed by atoms with Crippen molar-refractivity contribution in [1.82, 2.24) is 4.90 Å². The van der Waals surface area contributed by atoms with E-state index in [0.717, 1.165) is 0 Å². The predicted octanol–water partition coefficient (Wildman–Crippen LogP) is 0.920. The van der Waals surface area contributed by atoms with Gasteiger partial charge in [0.1, 0.15) is 5.60 Å². The monoisotopic (exact) mass is 259 g/mol. The van der Waals surface area contributed by atoms with E-state index in [1.54, 1.807) is 27.7 Å². The number of β-amino-alcohol motifs (C(OH)–C–C–N with tert-alkyl or cyclic N) is 1. The summed E-state index contributed by atoms with van der Waals surface area (Å²) in [7, 11) is 0. The van der Waals surface area contributed by atoms with Crippen molar-refractivity contribution in [3.05, 3.63) is 0 Å². The van der Waals surface area contributed by atoms with E-state index in [0.29, 0.717) is 0 Å². The first-order valence-electron chi connectivity index (χ1n) is 6.08. The van der Waals surface area contributed by atoms with Gasteiger partial charge in [0.2, 0.25) is 0 Å². The molecule has 0 aromatic heterocycles. The Bertz CT molecular complexity index is 323. The van der Waals surface area contributed by atoms with Crippen molar-refractivity contribution in [3.8, 4) is 0 Å². The second-order valence-electron chi connectivity index (χ2n) is 5.28. The highest BCUT2D eigenvalue weighted by Crippen LogP contribution is 2.24. The summed E-state index contributed by atoms with van der Waals surface area (Å²) in [6.45, 7) is 7.48. The van der Waals surface area contributed by atoms with Crippen LogP contribution in [0.2, 0.25) is 0 Å². The van der Waals surface area contributed by atoms with E-state index in [9.17, 15) is 14.7 Å². The third-order valence-corrected chi connectivity index (χ3v) is 2.54. The molecule has 0 saturated carbocycles. The molecule has 1 aliphatic rings. The smallest absolute Gasteiger partial charge is 0.410 e. The number of nitrogens with zero attached hydrogens (tertiary/aromatic N) is 1. The van der Waals surface area contributed by atoms with Gasteiger partial charge in [0, 0.05) is 0 Å². The molecule has 1 heterocycles. The largest absolute Gasteiger partial charge is 0.466 e. The molecule has 0 spiro atoms. The summed E-state index contributed by atoms with van der Waals surface area (Å²) in [6, 6.07) is -0.543. The number of aliphatic hydroxyl groups excluding tert-OH is 1. The van der Waals surface area contributed by atoms with Gasteiger partial charge < -0.3 is 14.6 Å². The lowest BCUT2D eigenvalue weighted by atomic mass is 9.97. The molecule has 1 fully saturated rings. The number of carbonyl (C=O) groups excluding carboxylic acids is 2. The summed E-state index contributed by atoms with van der Waals surface area (Å²) in [4.78, 5) is 24.5. The number of carbonyl (C=O) groups is 2. The van der Waals surface area contributed by atoms with Crippen molar-refractivity contribution in [3.63, 3.8) is 0 Å². The molecular weight excluding hydrogens is 238 g/mol. The van der Waals surface area contributed by atoms with Crippen LogP contribution in [0.3, 0.4) is 0 Å². The Labute approximate surface area is 107 Å². The van der Waals surface area contributed by atoms with E-state index in [-0.39, 0.29) is 19.6 Å². The summed E-state index contributed by atoms with van der Waals surface area (Å²) >= 11 is 0. The van der Waals surface area contributed by atoms with Crippen molar-refractivity contribution < 1.29 is 24.2 Å². The number of ether oxygens (including phenoxy) is 2. The number of aliphatic hydroxyl groups is 1. The second kappa shape index (κ2) is 5.56. The highest BCUT2D eigenvalue weighted by molar-refractivity contribution is 5.74. The van der Waals surface area contributed by atoms with Gasteiger partial charge >= 0.3 is 12.1 Å². The summed E-state index contributed by atoms with van der Waals surface area (Å²) in [5.74, 6) is -0.421. The Kier molecular flexibility index (Phi) is 4.56. The minimum Gasteiger partial charge on any atom is -0.466 e. The SMILES string of the molecule is CCOC(=O)CC1C(O)CN1C(=O)OC(C)(C)C. The number of amides is 1. The first kappa shape index (κ1) is 14.8. The van der Waals surface area contributed by atoms with Crippen molar-refractivity contribution in [1.29, 1.82) is 0 Å². The zero-order valence-electron chi connectivity index (χ0n) is 11.3. The van der Waals surface area contributed by atoms with Gasteiger partial charge in [0.05, 0.1) is 31.7 Å². The predicted molar refractivity (Wildman–Crippen MR) is 64.0 cm³/mol. The van der Waals surface area contributed by atoms with Crippen molar-refractivity contribution in [2.75, 3.05) is 13.2 Å². The zero-order valence-corrected chi connectivity index (χ0v) is 11.3. The van der Waals surface area contributed by atoms with Gasteiger partial charge in [-0.25, -0.2) is 4.79 Å². The number of hydrogen-bond donors (Lipinski definition) is 1. The van der Waals surface area contributed by atoms with Gasteiger partial charge in [-0.15, -0.1) is 0 Å². The Hall–Kier alpha value is -1.30. The van der Waals surface area contributed by atoms with Crippen LogP contribution < -0.4 is 0 Å². The van der Waals surface area contributed by atoms with Crippen LogP contribution in [0, 0.1) is 0 Å². The lowest BCUT2D eigenvalue weighted by molar-refractivity contribution is -0.149. The van der Waals surface area contributed by atoms with E-state index in [1.807, 2.05) is 0 Å². The Balaban J connectivity index is 2.52. The van der Waals surface area contributed by atoms with Gasteiger partial charge in [-0.05, 0) is 27.7 Å². The number of likely N-dealkylation sites (tertiary alicyclic amines) is 1. The fourth-order valence-electron chi connectivity index (χ4n) is 1.70. The molecule has 104 valence electrons. The minimum absolute atomic E-state index is 0.00570. The minimum atomic E-state index is -0.693. The quantitative estimate of drug-likeness (QED) is 0.763. The molecule has 1 aliphatic heterocycles. The van der Waals surface area contributed by atoms with Crippen LogP contribution in [0.1, 0.15) is 34.1 Å². The highest BCUT2D eigenvalue weighted by atomic mass is 16.6. The lowest BCUT2D eigenvalue weighted by Crippen LogP contribution is -2.63. The van der Waals surface area contributed by atoms with Gasteiger partial charge in [0.15, 0.2) is 0 Å². The van der Waals surface area contributed by atoms with Gasteiger partial charge in [-0.1, -0.05) is 0 Å². The molecule has 6 nitrogen and oxygen atoms in total. The van der Waals surface area contributed by atoms with E-state index in [1.165, 1.54) is 4.90 Å². The van der Waals surface area contributed by atoms with Crippen LogP contribution in [-0.4, -0.2) is 53.0 Å². The summed E-state index contributed by atoms with van der Waals surface area (Å²) in [5, 5.41) is 9.59. The van der Waals surface area contributed by atoms with Crippen LogP contribution in [0.5, 0.6) is 0 Å². The maximum Gasteiger partial charge on any atom is 0.410 e. The molecule has 18 heavy (non-hydrogen) atoms. The van der Waals surface area contributed by atoms with Gasteiger partial charge in [0.25, 0.3) is 0 Å². The highest BCUT2D eigenvalue weighted by Gasteiger charge is 2.44. The van der Waals surface area contributed by atoms with E-state index in [2.05, 4.69) is 0 Å². The first-order valence-corrected chi connectivity index (χ1v) is 6.08. The van der Waals surface area contributed by atoms with Crippen molar-refractivity contribution >= 4 is 12.1 Å². The number of hydrogen-bond acceptors (Lipinski definition) is 5. The van der Waals surface area contributed by atoms with Crippen LogP contribution in [0.25, 0.3) is 0 Å². The van der Waals surface area contributed by atoms with Crippen LogP contribution in [0.15, 0.2) is 0 Å². The summed E-state index contributed by atoms with van der Waals surface area (Å²) in [6.07, 6.45) is -1.21. The molecule has 1 saturated heterocycles. The van der Waals surface area contributed by atoms with Crippen molar-refractivity contribution in [2.45, 2.75) is 51.9 Å². The molecule has 0 radical (unpaired) electrons. The maximum absolute atomic E-state index is 11.8. The Morgan fingerprint density at radius 3 is 2.44 bits per heavy atom. The molecule has 2 atom stereocenters. The van der Waals surface area contributed by atoms with Crippen molar-refractivity contribution in [2.24, 2.45) is 0 Å². The molecule has 6 heteroatoms. The molecule has 0 aromatic rings. The Morgan fingerprint density at radius 1 is 1.39 bits per heavy atom. The maximum atomic E-state index is 11.8. The zero-order chi connectivity index (χ0) is 13.9. The van der Waals surface area contributed by atoms with Crippen LogP contribution in [-0.2, 0) is 14.3 Å². The molecule has 0 aliphatic carbocycles. The van der Waals surface area contributed by atoms with Crippen LogP contribution >= 0.6 is 0 Å². The normalized spacial score (nSPS) is 23.3. The Morgan fingerprint density at radius 2 is 2.00 bits per heavy atom.